The number of amides is 2. The molecule has 0 unspecified atom stereocenters. The molecule has 0 aliphatic carbocycles. The number of halogens is 2. The van der Waals surface area contributed by atoms with Crippen LogP contribution in [0.2, 0.25) is 5.02 Å². The number of benzene rings is 2. The van der Waals surface area contributed by atoms with E-state index >= 15 is 0 Å². The number of carbonyl (C=O) groups is 2. The van der Waals surface area contributed by atoms with E-state index in [1.807, 2.05) is 6.92 Å². The lowest BCUT2D eigenvalue weighted by atomic mass is 9.97. The molecule has 1 aliphatic rings. The van der Waals surface area contributed by atoms with Crippen LogP contribution in [0, 0.1) is 11.7 Å². The van der Waals surface area contributed by atoms with Crippen LogP contribution < -0.4 is 15.4 Å². The minimum Gasteiger partial charge on any atom is -0.484 e. The van der Waals surface area contributed by atoms with Gasteiger partial charge in [-0.25, -0.2) is 12.8 Å². The first-order valence-electron chi connectivity index (χ1n) is 10.5. The van der Waals surface area contributed by atoms with Crippen LogP contribution in [0.25, 0.3) is 0 Å². The predicted octanol–water partition coefficient (Wildman–Crippen LogP) is 3.03. The highest BCUT2D eigenvalue weighted by atomic mass is 35.5. The molecule has 3 rings (SSSR count). The number of hydrogen-bond acceptors (Lipinski definition) is 5. The summed E-state index contributed by atoms with van der Waals surface area (Å²) in [7, 11) is -3.82. The first kappa shape index (κ1) is 24.9. The molecule has 0 aromatic heterocycles. The Morgan fingerprint density at radius 3 is 2.42 bits per heavy atom. The summed E-state index contributed by atoms with van der Waals surface area (Å²) in [6.45, 7) is 2.59. The molecular weight excluding hydrogens is 473 g/mol. The fourth-order valence-electron chi connectivity index (χ4n) is 3.42. The zero-order chi connectivity index (χ0) is 24.0. The van der Waals surface area contributed by atoms with Gasteiger partial charge in [0, 0.05) is 31.2 Å². The summed E-state index contributed by atoms with van der Waals surface area (Å²) >= 11 is 5.72. The maximum Gasteiger partial charge on any atom is 0.257 e. The van der Waals surface area contributed by atoms with Gasteiger partial charge in [0.25, 0.3) is 5.91 Å². The standard InChI is InChI=1S/C22H25ClFN3O5S/c1-2-25-21(28)14-32-17-5-3-16(4-6-17)26-22(29)15-9-11-27(12-10-15)33(30,31)18-7-8-20(24)19(23)13-18/h3-8,13,15H,2,9-12,14H2,1H3,(H,25,28)(H,26,29). The van der Waals surface area contributed by atoms with Gasteiger partial charge in [-0.05, 0) is 62.2 Å². The van der Waals surface area contributed by atoms with Crippen LogP contribution in [-0.4, -0.2) is 50.8 Å². The molecule has 2 aromatic carbocycles. The van der Waals surface area contributed by atoms with E-state index in [-0.39, 0.29) is 47.3 Å². The Morgan fingerprint density at radius 1 is 1.15 bits per heavy atom. The maximum atomic E-state index is 13.4. The minimum atomic E-state index is -3.82. The Bertz CT molecular complexity index is 1100. The van der Waals surface area contributed by atoms with E-state index in [4.69, 9.17) is 16.3 Å². The van der Waals surface area contributed by atoms with Crippen molar-refractivity contribution in [2.24, 2.45) is 5.92 Å². The number of ether oxygens (including phenoxy) is 1. The molecule has 1 saturated heterocycles. The molecule has 11 heteroatoms. The molecule has 0 radical (unpaired) electrons. The fourth-order valence-corrected chi connectivity index (χ4v) is 5.16. The summed E-state index contributed by atoms with van der Waals surface area (Å²) < 4.78 is 45.6. The summed E-state index contributed by atoms with van der Waals surface area (Å²) in [5.74, 6) is -0.952. The third-order valence-electron chi connectivity index (χ3n) is 5.22. The highest BCUT2D eigenvalue weighted by molar-refractivity contribution is 7.89. The van der Waals surface area contributed by atoms with E-state index in [2.05, 4.69) is 10.6 Å². The van der Waals surface area contributed by atoms with Crippen LogP contribution in [0.3, 0.4) is 0 Å². The van der Waals surface area contributed by atoms with Crippen molar-refractivity contribution in [3.63, 3.8) is 0 Å². The van der Waals surface area contributed by atoms with Crippen molar-refractivity contribution in [1.29, 1.82) is 0 Å². The Kier molecular flexibility index (Phi) is 8.28. The first-order valence-corrected chi connectivity index (χ1v) is 12.3. The third kappa shape index (κ3) is 6.43. The Balaban J connectivity index is 1.52. The van der Waals surface area contributed by atoms with Gasteiger partial charge in [-0.2, -0.15) is 4.31 Å². The molecule has 2 amide bonds. The zero-order valence-corrected chi connectivity index (χ0v) is 19.6. The summed E-state index contributed by atoms with van der Waals surface area (Å²) in [5, 5.41) is 5.20. The van der Waals surface area contributed by atoms with Gasteiger partial charge in [-0.15, -0.1) is 0 Å². The molecule has 0 bridgehead atoms. The largest absolute Gasteiger partial charge is 0.484 e. The highest BCUT2D eigenvalue weighted by Gasteiger charge is 2.32. The molecule has 1 heterocycles. The van der Waals surface area contributed by atoms with Gasteiger partial charge in [-0.1, -0.05) is 11.6 Å². The number of nitrogens with zero attached hydrogens (tertiary/aromatic N) is 1. The average molecular weight is 498 g/mol. The van der Waals surface area contributed by atoms with Crippen LogP contribution in [0.4, 0.5) is 10.1 Å². The number of carbonyl (C=O) groups excluding carboxylic acids is 2. The van der Waals surface area contributed by atoms with Crippen molar-refractivity contribution in [3.05, 3.63) is 53.3 Å². The van der Waals surface area contributed by atoms with Crippen LogP contribution in [0.5, 0.6) is 5.75 Å². The number of hydrogen-bond donors (Lipinski definition) is 2. The number of anilines is 1. The van der Waals surface area contributed by atoms with Gasteiger partial charge in [0.2, 0.25) is 15.9 Å². The highest BCUT2D eigenvalue weighted by Crippen LogP contribution is 2.27. The van der Waals surface area contributed by atoms with Crippen molar-refractivity contribution >= 4 is 39.1 Å². The number of rotatable bonds is 8. The topological polar surface area (TPSA) is 105 Å². The number of likely N-dealkylation sites (N-methyl/N-ethyl adjacent to an activating group) is 1. The minimum absolute atomic E-state index is 0.0775. The normalized spacial score (nSPS) is 15.1. The Hall–Kier alpha value is -2.69. The van der Waals surface area contributed by atoms with Crippen LogP contribution in [-0.2, 0) is 19.6 Å². The van der Waals surface area contributed by atoms with E-state index in [1.165, 1.54) is 10.4 Å². The molecule has 2 aromatic rings. The van der Waals surface area contributed by atoms with Gasteiger partial charge in [0.1, 0.15) is 11.6 Å². The SMILES string of the molecule is CCNC(=O)COc1ccc(NC(=O)C2CCN(S(=O)(=O)c3ccc(F)c(Cl)c3)CC2)cc1. The number of nitrogens with one attached hydrogen (secondary N) is 2. The van der Waals surface area contributed by atoms with Crippen molar-refractivity contribution in [2.75, 3.05) is 31.6 Å². The smallest absolute Gasteiger partial charge is 0.257 e. The number of piperidine rings is 1. The molecule has 33 heavy (non-hydrogen) atoms. The molecular formula is C22H25ClFN3O5S. The van der Waals surface area contributed by atoms with E-state index < -0.39 is 15.8 Å². The van der Waals surface area contributed by atoms with Gasteiger partial charge in [0.15, 0.2) is 6.61 Å². The lowest BCUT2D eigenvalue weighted by Crippen LogP contribution is -2.41. The summed E-state index contributed by atoms with van der Waals surface area (Å²) in [4.78, 5) is 24.0. The molecule has 178 valence electrons. The fraction of sp³-hybridized carbons (Fsp3) is 0.364. The predicted molar refractivity (Wildman–Crippen MR) is 122 cm³/mol. The van der Waals surface area contributed by atoms with E-state index in [1.54, 1.807) is 24.3 Å². The van der Waals surface area contributed by atoms with Crippen LogP contribution >= 0.6 is 11.6 Å². The van der Waals surface area contributed by atoms with E-state index in [0.717, 1.165) is 12.1 Å². The van der Waals surface area contributed by atoms with Gasteiger partial charge in [0.05, 0.1) is 9.92 Å². The van der Waals surface area contributed by atoms with Crippen LogP contribution in [0.1, 0.15) is 19.8 Å². The van der Waals surface area contributed by atoms with E-state index in [0.29, 0.717) is 30.8 Å². The summed E-state index contributed by atoms with van der Waals surface area (Å²) in [6.07, 6.45) is 0.710. The summed E-state index contributed by atoms with van der Waals surface area (Å²) in [5.41, 5.74) is 0.571. The third-order valence-corrected chi connectivity index (χ3v) is 7.40. The zero-order valence-electron chi connectivity index (χ0n) is 18.0. The molecule has 0 saturated carbocycles. The second-order valence-electron chi connectivity index (χ2n) is 7.51. The molecule has 0 spiro atoms. The number of sulfonamides is 1. The quantitative estimate of drug-likeness (QED) is 0.583. The van der Waals surface area contributed by atoms with Crippen molar-refractivity contribution in [2.45, 2.75) is 24.7 Å². The summed E-state index contributed by atoms with van der Waals surface area (Å²) in [6, 6.07) is 9.93. The van der Waals surface area contributed by atoms with Crippen molar-refractivity contribution < 1.29 is 27.1 Å². The Morgan fingerprint density at radius 2 is 1.82 bits per heavy atom. The second kappa shape index (κ2) is 11.0. The lowest BCUT2D eigenvalue weighted by molar-refractivity contribution is -0.123. The van der Waals surface area contributed by atoms with E-state index in [9.17, 15) is 22.4 Å². The molecule has 2 N–H and O–H groups in total. The lowest BCUT2D eigenvalue weighted by Gasteiger charge is -2.30. The monoisotopic (exact) mass is 497 g/mol. The molecule has 8 nitrogen and oxygen atoms in total. The average Bonchev–Trinajstić information content (AvgIpc) is 2.80. The van der Waals surface area contributed by atoms with Crippen LogP contribution in [0.15, 0.2) is 47.4 Å². The maximum absolute atomic E-state index is 13.4. The Labute approximate surface area is 197 Å². The van der Waals surface area contributed by atoms with Gasteiger partial charge >= 0.3 is 0 Å². The molecule has 1 aliphatic heterocycles. The molecule has 0 atom stereocenters. The van der Waals surface area contributed by atoms with Gasteiger partial charge < -0.3 is 15.4 Å². The first-order chi connectivity index (χ1) is 15.7. The second-order valence-corrected chi connectivity index (χ2v) is 9.86. The van der Waals surface area contributed by atoms with Crippen molar-refractivity contribution in [1.82, 2.24) is 9.62 Å². The molecule has 1 fully saturated rings. The van der Waals surface area contributed by atoms with Gasteiger partial charge in [-0.3, -0.25) is 9.59 Å². The van der Waals surface area contributed by atoms with Crippen molar-refractivity contribution in [3.8, 4) is 5.75 Å².